The van der Waals surface area contributed by atoms with E-state index in [0.29, 0.717) is 0 Å². The molecule has 2 aromatic heterocycles. The number of aromatic nitrogens is 3. The van der Waals surface area contributed by atoms with Gasteiger partial charge < -0.3 is 5.32 Å². The summed E-state index contributed by atoms with van der Waals surface area (Å²) in [5, 5.41) is 7.89. The second-order valence-electron chi connectivity index (χ2n) is 4.55. The van der Waals surface area contributed by atoms with E-state index in [0.717, 1.165) is 28.2 Å². The van der Waals surface area contributed by atoms with Gasteiger partial charge in [0, 0.05) is 32.1 Å². The van der Waals surface area contributed by atoms with Crippen LogP contribution < -0.4 is 5.32 Å². The zero-order chi connectivity index (χ0) is 13.9. The molecule has 0 fully saturated rings. The number of pyridine rings is 1. The summed E-state index contributed by atoms with van der Waals surface area (Å²) in [7, 11) is 3.86. The molecule has 100 valence electrons. The molecule has 0 aliphatic carbocycles. The molecule has 0 unspecified atom stereocenters. The second kappa shape index (κ2) is 5.17. The van der Waals surface area contributed by atoms with Crippen LogP contribution in [0.5, 0.6) is 0 Å². The molecule has 20 heavy (non-hydrogen) atoms. The molecule has 0 bridgehead atoms. The number of aryl methyl sites for hydroxylation is 1. The van der Waals surface area contributed by atoms with Gasteiger partial charge in [-0.15, -0.1) is 0 Å². The van der Waals surface area contributed by atoms with Crippen molar-refractivity contribution in [2.24, 2.45) is 7.05 Å². The zero-order valence-electron chi connectivity index (χ0n) is 11.5. The highest BCUT2D eigenvalue weighted by Crippen LogP contribution is 2.36. The highest BCUT2D eigenvalue weighted by Gasteiger charge is 2.17. The van der Waals surface area contributed by atoms with E-state index in [2.05, 4.69) is 27.5 Å². The van der Waals surface area contributed by atoms with Crippen molar-refractivity contribution in [1.82, 2.24) is 14.8 Å². The van der Waals surface area contributed by atoms with Crippen molar-refractivity contribution in [2.45, 2.75) is 0 Å². The number of rotatable bonds is 3. The predicted octanol–water partition coefficient (Wildman–Crippen LogP) is 3.19. The summed E-state index contributed by atoms with van der Waals surface area (Å²) in [4.78, 5) is 4.07. The SMILES string of the molecule is CNc1c(-c2ccccc2)c(-c2ccncc2)nn1C. The third-order valence-corrected chi connectivity index (χ3v) is 3.30. The predicted molar refractivity (Wildman–Crippen MR) is 81.4 cm³/mol. The standard InChI is InChI=1S/C16H16N4/c1-17-16-14(12-6-4-3-5-7-12)15(19-20(16)2)13-8-10-18-11-9-13/h3-11,17H,1-2H3. The van der Waals surface area contributed by atoms with Crippen molar-refractivity contribution < 1.29 is 0 Å². The van der Waals surface area contributed by atoms with Crippen molar-refractivity contribution in [3.63, 3.8) is 0 Å². The van der Waals surface area contributed by atoms with E-state index in [1.807, 2.05) is 49.1 Å². The maximum atomic E-state index is 4.65. The number of anilines is 1. The fraction of sp³-hybridized carbons (Fsp3) is 0.125. The molecule has 0 aliphatic rings. The van der Waals surface area contributed by atoms with Crippen LogP contribution in [0.4, 0.5) is 5.82 Å². The maximum Gasteiger partial charge on any atom is 0.132 e. The van der Waals surface area contributed by atoms with E-state index in [4.69, 9.17) is 0 Å². The first-order valence-corrected chi connectivity index (χ1v) is 6.52. The lowest BCUT2D eigenvalue weighted by Crippen LogP contribution is -1.99. The van der Waals surface area contributed by atoms with Gasteiger partial charge in [-0.3, -0.25) is 9.67 Å². The van der Waals surface area contributed by atoms with E-state index in [-0.39, 0.29) is 0 Å². The van der Waals surface area contributed by atoms with Crippen LogP contribution in [0.1, 0.15) is 0 Å². The van der Waals surface area contributed by atoms with Crippen LogP contribution in [0.15, 0.2) is 54.9 Å². The van der Waals surface area contributed by atoms with E-state index in [1.165, 1.54) is 0 Å². The Bertz CT molecular complexity index is 702. The normalized spacial score (nSPS) is 10.5. The summed E-state index contributed by atoms with van der Waals surface area (Å²) in [6.45, 7) is 0. The Balaban J connectivity index is 2.26. The monoisotopic (exact) mass is 264 g/mol. The molecule has 4 heteroatoms. The first-order valence-electron chi connectivity index (χ1n) is 6.52. The summed E-state index contributed by atoms with van der Waals surface area (Å²) < 4.78 is 1.87. The number of nitrogens with one attached hydrogen (secondary N) is 1. The molecule has 0 saturated carbocycles. The third-order valence-electron chi connectivity index (χ3n) is 3.30. The molecule has 0 amide bonds. The van der Waals surface area contributed by atoms with Gasteiger partial charge in [0.25, 0.3) is 0 Å². The lowest BCUT2D eigenvalue weighted by atomic mass is 10.0. The summed E-state index contributed by atoms with van der Waals surface area (Å²) in [5.41, 5.74) is 4.29. The highest BCUT2D eigenvalue weighted by atomic mass is 15.3. The van der Waals surface area contributed by atoms with E-state index in [1.54, 1.807) is 12.4 Å². The summed E-state index contributed by atoms with van der Waals surface area (Å²) >= 11 is 0. The minimum Gasteiger partial charge on any atom is -0.373 e. The smallest absolute Gasteiger partial charge is 0.132 e. The molecule has 3 aromatic rings. The van der Waals surface area contributed by atoms with E-state index >= 15 is 0 Å². The van der Waals surface area contributed by atoms with Gasteiger partial charge in [-0.25, -0.2) is 0 Å². The Morgan fingerprint density at radius 1 is 0.950 bits per heavy atom. The van der Waals surface area contributed by atoms with E-state index in [9.17, 15) is 0 Å². The molecule has 0 radical (unpaired) electrons. The molecule has 1 aromatic carbocycles. The Morgan fingerprint density at radius 3 is 2.30 bits per heavy atom. The molecule has 0 saturated heterocycles. The van der Waals surface area contributed by atoms with Gasteiger partial charge in [0.15, 0.2) is 0 Å². The lowest BCUT2D eigenvalue weighted by Gasteiger charge is -2.06. The van der Waals surface area contributed by atoms with Crippen molar-refractivity contribution >= 4 is 5.82 Å². The molecule has 1 N–H and O–H groups in total. The average molecular weight is 264 g/mol. The fourth-order valence-electron chi connectivity index (χ4n) is 2.40. The molecular weight excluding hydrogens is 248 g/mol. The van der Waals surface area contributed by atoms with Gasteiger partial charge in [-0.05, 0) is 17.7 Å². The molecule has 0 aliphatic heterocycles. The Kier molecular flexibility index (Phi) is 3.21. The van der Waals surface area contributed by atoms with Crippen LogP contribution >= 0.6 is 0 Å². The molecule has 3 rings (SSSR count). The first kappa shape index (κ1) is 12.4. The number of hydrogen-bond donors (Lipinski definition) is 1. The Morgan fingerprint density at radius 2 is 1.65 bits per heavy atom. The quantitative estimate of drug-likeness (QED) is 0.790. The lowest BCUT2D eigenvalue weighted by molar-refractivity contribution is 0.778. The maximum absolute atomic E-state index is 4.65. The first-order chi connectivity index (χ1) is 9.81. The van der Waals surface area contributed by atoms with Crippen LogP contribution in [0, 0.1) is 0 Å². The van der Waals surface area contributed by atoms with Crippen LogP contribution in [0.2, 0.25) is 0 Å². The van der Waals surface area contributed by atoms with Gasteiger partial charge in [-0.2, -0.15) is 5.10 Å². The Labute approximate surface area is 118 Å². The van der Waals surface area contributed by atoms with Crippen LogP contribution in [0.25, 0.3) is 22.4 Å². The van der Waals surface area contributed by atoms with Crippen molar-refractivity contribution in [2.75, 3.05) is 12.4 Å². The molecule has 0 atom stereocenters. The summed E-state index contributed by atoms with van der Waals surface area (Å²) in [6.07, 6.45) is 3.58. The van der Waals surface area contributed by atoms with Gasteiger partial charge in [0.1, 0.15) is 11.5 Å². The highest BCUT2D eigenvalue weighted by molar-refractivity contribution is 5.88. The van der Waals surface area contributed by atoms with E-state index < -0.39 is 0 Å². The third kappa shape index (κ3) is 2.05. The minimum absolute atomic E-state index is 0.963. The zero-order valence-corrected chi connectivity index (χ0v) is 11.5. The number of nitrogens with zero attached hydrogens (tertiary/aromatic N) is 3. The average Bonchev–Trinajstić information content (AvgIpc) is 2.85. The van der Waals surface area contributed by atoms with Gasteiger partial charge in [0.2, 0.25) is 0 Å². The van der Waals surface area contributed by atoms with Crippen molar-refractivity contribution in [3.8, 4) is 22.4 Å². The fourth-order valence-corrected chi connectivity index (χ4v) is 2.40. The van der Waals surface area contributed by atoms with Gasteiger partial charge in [-0.1, -0.05) is 30.3 Å². The van der Waals surface area contributed by atoms with Gasteiger partial charge in [0.05, 0.1) is 5.56 Å². The van der Waals surface area contributed by atoms with Crippen LogP contribution in [-0.2, 0) is 7.05 Å². The van der Waals surface area contributed by atoms with Crippen LogP contribution in [-0.4, -0.2) is 21.8 Å². The number of hydrogen-bond acceptors (Lipinski definition) is 3. The molecule has 4 nitrogen and oxygen atoms in total. The van der Waals surface area contributed by atoms with Crippen LogP contribution in [0.3, 0.4) is 0 Å². The largest absolute Gasteiger partial charge is 0.373 e. The number of benzene rings is 1. The topological polar surface area (TPSA) is 42.7 Å². The molecule has 2 heterocycles. The van der Waals surface area contributed by atoms with Crippen molar-refractivity contribution in [1.29, 1.82) is 0 Å². The Hall–Kier alpha value is -2.62. The summed E-state index contributed by atoms with van der Waals surface area (Å²) in [6, 6.07) is 14.3. The minimum atomic E-state index is 0.963. The summed E-state index contributed by atoms with van der Waals surface area (Å²) in [5.74, 6) is 1.00. The van der Waals surface area contributed by atoms with Crippen molar-refractivity contribution in [3.05, 3.63) is 54.9 Å². The second-order valence-corrected chi connectivity index (χ2v) is 4.55. The molecule has 0 spiro atoms. The van der Waals surface area contributed by atoms with Gasteiger partial charge >= 0.3 is 0 Å². The molecular formula is C16H16N4.